The molecular formula is C19H20N4O2S2. The zero-order chi connectivity index (χ0) is 19.2. The van der Waals surface area contributed by atoms with Crippen LogP contribution in [0.5, 0.6) is 0 Å². The Hall–Kier alpha value is -2.58. The minimum atomic E-state index is -0.645. The largest absolute Gasteiger partial charge is 0.339 e. The molecule has 6 nitrogen and oxygen atoms in total. The SMILES string of the molecule is CC[C@H](C)[C@@H](NC(=O)c1cccs1)C(=O)Nc1nnc(-c2ccccc2)s1. The molecule has 0 saturated heterocycles. The standard InChI is InChI=1S/C19H20N4O2S2/c1-3-12(2)15(20-16(24)14-10-7-11-26-14)17(25)21-19-23-22-18(27-19)13-8-5-4-6-9-13/h4-12,15H,3H2,1-2H3,(H,20,24)(H,21,23,25)/t12-,15+/m0/s1. The van der Waals surface area contributed by atoms with E-state index >= 15 is 0 Å². The maximum absolute atomic E-state index is 12.8. The van der Waals surface area contributed by atoms with Crippen LogP contribution in [-0.4, -0.2) is 28.1 Å². The number of thiophene rings is 1. The van der Waals surface area contributed by atoms with E-state index in [-0.39, 0.29) is 17.7 Å². The molecule has 0 bridgehead atoms. The van der Waals surface area contributed by atoms with Crippen molar-refractivity contribution in [2.24, 2.45) is 5.92 Å². The fourth-order valence-corrected chi connectivity index (χ4v) is 3.86. The quantitative estimate of drug-likeness (QED) is 0.627. The van der Waals surface area contributed by atoms with Crippen LogP contribution in [0.25, 0.3) is 10.6 Å². The van der Waals surface area contributed by atoms with E-state index in [2.05, 4.69) is 20.8 Å². The van der Waals surface area contributed by atoms with Crippen LogP contribution in [0, 0.1) is 5.92 Å². The van der Waals surface area contributed by atoms with Crippen molar-refractivity contribution in [1.29, 1.82) is 0 Å². The molecule has 0 aliphatic rings. The molecule has 2 atom stereocenters. The first kappa shape index (κ1) is 19.2. The van der Waals surface area contributed by atoms with Crippen LogP contribution in [0.15, 0.2) is 47.8 Å². The van der Waals surface area contributed by atoms with Gasteiger partial charge in [0.2, 0.25) is 11.0 Å². The van der Waals surface area contributed by atoms with Crippen molar-refractivity contribution >= 4 is 39.6 Å². The average Bonchev–Trinajstić information content (AvgIpc) is 3.38. The number of aromatic nitrogens is 2. The van der Waals surface area contributed by atoms with E-state index in [4.69, 9.17) is 0 Å². The lowest BCUT2D eigenvalue weighted by atomic mass is 9.98. The summed E-state index contributed by atoms with van der Waals surface area (Å²) in [4.78, 5) is 25.7. The van der Waals surface area contributed by atoms with Gasteiger partial charge in [0.1, 0.15) is 11.0 Å². The molecule has 0 aliphatic heterocycles. The van der Waals surface area contributed by atoms with Crippen molar-refractivity contribution in [3.63, 3.8) is 0 Å². The fraction of sp³-hybridized carbons (Fsp3) is 0.263. The van der Waals surface area contributed by atoms with Crippen molar-refractivity contribution in [3.05, 3.63) is 52.7 Å². The summed E-state index contributed by atoms with van der Waals surface area (Å²) in [5.41, 5.74) is 0.944. The third-order valence-corrected chi connectivity index (χ3v) is 5.96. The lowest BCUT2D eigenvalue weighted by Crippen LogP contribution is -2.47. The van der Waals surface area contributed by atoms with Crippen LogP contribution in [0.4, 0.5) is 5.13 Å². The first-order valence-electron chi connectivity index (χ1n) is 8.62. The molecule has 1 aromatic carbocycles. The first-order chi connectivity index (χ1) is 13.1. The van der Waals surface area contributed by atoms with Gasteiger partial charge in [-0.2, -0.15) is 0 Å². The zero-order valence-electron chi connectivity index (χ0n) is 15.0. The third-order valence-electron chi connectivity index (χ3n) is 4.20. The van der Waals surface area contributed by atoms with E-state index in [0.29, 0.717) is 10.0 Å². The Morgan fingerprint density at radius 1 is 1.11 bits per heavy atom. The number of benzene rings is 1. The Morgan fingerprint density at radius 2 is 1.89 bits per heavy atom. The highest BCUT2D eigenvalue weighted by molar-refractivity contribution is 7.18. The summed E-state index contributed by atoms with van der Waals surface area (Å²) in [7, 11) is 0. The molecule has 140 valence electrons. The molecule has 0 unspecified atom stereocenters. The summed E-state index contributed by atoms with van der Waals surface area (Å²) in [5.74, 6) is -0.548. The second-order valence-corrected chi connectivity index (χ2v) is 8.01. The summed E-state index contributed by atoms with van der Waals surface area (Å²) in [6.45, 7) is 3.93. The summed E-state index contributed by atoms with van der Waals surface area (Å²) in [6, 6.07) is 12.6. The van der Waals surface area contributed by atoms with Gasteiger partial charge in [0.25, 0.3) is 5.91 Å². The molecule has 3 aromatic rings. The molecule has 2 N–H and O–H groups in total. The zero-order valence-corrected chi connectivity index (χ0v) is 16.6. The first-order valence-corrected chi connectivity index (χ1v) is 10.3. The highest BCUT2D eigenvalue weighted by Crippen LogP contribution is 2.26. The predicted octanol–water partition coefficient (Wildman–Crippen LogP) is 4.05. The van der Waals surface area contributed by atoms with Crippen LogP contribution in [0.3, 0.4) is 0 Å². The number of amides is 2. The Balaban J connectivity index is 1.71. The van der Waals surface area contributed by atoms with Gasteiger partial charge < -0.3 is 5.32 Å². The number of nitrogens with one attached hydrogen (secondary N) is 2. The molecule has 2 heterocycles. The highest BCUT2D eigenvalue weighted by atomic mass is 32.1. The number of hydrogen-bond acceptors (Lipinski definition) is 6. The number of anilines is 1. The number of hydrogen-bond donors (Lipinski definition) is 2. The summed E-state index contributed by atoms with van der Waals surface area (Å²) >= 11 is 2.65. The van der Waals surface area contributed by atoms with Crippen LogP contribution in [0.1, 0.15) is 29.9 Å². The average molecular weight is 401 g/mol. The monoisotopic (exact) mass is 400 g/mol. The molecule has 0 saturated carbocycles. The fourth-order valence-electron chi connectivity index (χ4n) is 2.48. The molecule has 2 aromatic heterocycles. The van der Waals surface area contributed by atoms with Gasteiger partial charge in [0.05, 0.1) is 4.88 Å². The lowest BCUT2D eigenvalue weighted by molar-refractivity contribution is -0.119. The number of nitrogens with zero attached hydrogens (tertiary/aromatic N) is 2. The van der Waals surface area contributed by atoms with Crippen molar-refractivity contribution < 1.29 is 9.59 Å². The third kappa shape index (κ3) is 4.78. The van der Waals surface area contributed by atoms with Crippen LogP contribution >= 0.6 is 22.7 Å². The van der Waals surface area contributed by atoms with Crippen LogP contribution < -0.4 is 10.6 Å². The molecule has 0 spiro atoms. The van der Waals surface area contributed by atoms with Gasteiger partial charge in [0, 0.05) is 5.56 Å². The van der Waals surface area contributed by atoms with Gasteiger partial charge in [-0.25, -0.2) is 0 Å². The van der Waals surface area contributed by atoms with Gasteiger partial charge >= 0.3 is 0 Å². The van der Waals surface area contributed by atoms with E-state index in [1.54, 1.807) is 6.07 Å². The highest BCUT2D eigenvalue weighted by Gasteiger charge is 2.27. The summed E-state index contributed by atoms with van der Waals surface area (Å²) in [6.07, 6.45) is 0.758. The molecule has 27 heavy (non-hydrogen) atoms. The smallest absolute Gasteiger partial charge is 0.262 e. The van der Waals surface area contributed by atoms with Gasteiger partial charge in [-0.3, -0.25) is 14.9 Å². The molecule has 8 heteroatoms. The van der Waals surface area contributed by atoms with E-state index < -0.39 is 6.04 Å². The number of carbonyl (C=O) groups is 2. The molecule has 2 amide bonds. The number of rotatable bonds is 7. The van der Waals surface area contributed by atoms with E-state index in [1.807, 2.05) is 55.6 Å². The number of carbonyl (C=O) groups excluding carboxylic acids is 2. The second kappa shape index (κ2) is 8.88. The van der Waals surface area contributed by atoms with Gasteiger partial charge in [-0.15, -0.1) is 21.5 Å². The molecular weight excluding hydrogens is 380 g/mol. The normalized spacial score (nSPS) is 13.0. The minimum Gasteiger partial charge on any atom is -0.339 e. The van der Waals surface area contributed by atoms with E-state index in [0.717, 1.165) is 17.0 Å². The predicted molar refractivity (Wildman–Crippen MR) is 109 cm³/mol. The Kier molecular flexibility index (Phi) is 6.31. The molecule has 3 rings (SSSR count). The van der Waals surface area contributed by atoms with Crippen molar-refractivity contribution in [2.75, 3.05) is 5.32 Å². The lowest BCUT2D eigenvalue weighted by Gasteiger charge is -2.22. The second-order valence-electron chi connectivity index (χ2n) is 6.08. The summed E-state index contributed by atoms with van der Waals surface area (Å²) in [5, 5.41) is 16.8. The van der Waals surface area contributed by atoms with Crippen molar-refractivity contribution in [1.82, 2.24) is 15.5 Å². The van der Waals surface area contributed by atoms with E-state index in [1.165, 1.54) is 22.7 Å². The summed E-state index contributed by atoms with van der Waals surface area (Å²) < 4.78 is 0. The molecule has 0 fully saturated rings. The van der Waals surface area contributed by atoms with Crippen LogP contribution in [-0.2, 0) is 4.79 Å². The minimum absolute atomic E-state index is 0.0181. The Labute approximate surface area is 165 Å². The van der Waals surface area contributed by atoms with Gasteiger partial charge in [0.15, 0.2) is 0 Å². The van der Waals surface area contributed by atoms with Gasteiger partial charge in [-0.1, -0.05) is 68.0 Å². The van der Waals surface area contributed by atoms with E-state index in [9.17, 15) is 9.59 Å². The maximum atomic E-state index is 12.8. The van der Waals surface area contributed by atoms with Crippen LogP contribution in [0.2, 0.25) is 0 Å². The molecule has 0 radical (unpaired) electrons. The van der Waals surface area contributed by atoms with Crippen molar-refractivity contribution in [3.8, 4) is 10.6 Å². The topological polar surface area (TPSA) is 84.0 Å². The Bertz CT molecular complexity index is 894. The van der Waals surface area contributed by atoms with Gasteiger partial charge in [-0.05, 0) is 17.4 Å². The van der Waals surface area contributed by atoms with Crippen molar-refractivity contribution in [2.45, 2.75) is 26.3 Å². The maximum Gasteiger partial charge on any atom is 0.262 e. The molecule has 0 aliphatic carbocycles. The Morgan fingerprint density at radius 3 is 2.56 bits per heavy atom.